The number of carboxylic acids is 1. The number of halogens is 1. The molecule has 7 heteroatoms. The van der Waals surface area contributed by atoms with Crippen molar-refractivity contribution in [1.29, 1.82) is 0 Å². The van der Waals surface area contributed by atoms with Crippen molar-refractivity contribution >= 4 is 27.6 Å². The fraction of sp³-hybridized carbons (Fsp3) is 0.0714. The molecule has 108 valence electrons. The number of ether oxygens (including phenoxy) is 1. The number of nitro groups is 1. The van der Waals surface area contributed by atoms with E-state index in [1.807, 2.05) is 0 Å². The van der Waals surface area contributed by atoms with E-state index in [1.54, 1.807) is 13.0 Å². The number of nitro benzene ring substituents is 1. The van der Waals surface area contributed by atoms with Gasteiger partial charge < -0.3 is 9.84 Å². The summed E-state index contributed by atoms with van der Waals surface area (Å²) < 4.78 is 5.96. The van der Waals surface area contributed by atoms with Crippen molar-refractivity contribution in [3.8, 4) is 11.5 Å². The van der Waals surface area contributed by atoms with Crippen LogP contribution in [-0.2, 0) is 0 Å². The lowest BCUT2D eigenvalue weighted by Crippen LogP contribution is -1.98. The molecule has 2 aromatic carbocycles. The molecule has 0 radical (unpaired) electrons. The maximum atomic E-state index is 10.9. The van der Waals surface area contributed by atoms with E-state index < -0.39 is 10.9 Å². The second kappa shape index (κ2) is 5.92. The van der Waals surface area contributed by atoms with Gasteiger partial charge >= 0.3 is 5.97 Å². The molecule has 0 fully saturated rings. The number of carbonyl (C=O) groups is 1. The van der Waals surface area contributed by atoms with E-state index >= 15 is 0 Å². The van der Waals surface area contributed by atoms with Crippen LogP contribution in [0.1, 0.15) is 15.9 Å². The van der Waals surface area contributed by atoms with E-state index in [4.69, 9.17) is 9.84 Å². The van der Waals surface area contributed by atoms with Crippen molar-refractivity contribution in [3.05, 3.63) is 62.1 Å². The summed E-state index contributed by atoms with van der Waals surface area (Å²) in [6, 6.07) is 8.93. The molecule has 0 saturated carbocycles. The number of carboxylic acid groups (broad SMARTS) is 1. The molecule has 2 rings (SSSR count). The highest BCUT2D eigenvalue weighted by Crippen LogP contribution is 2.32. The fourth-order valence-corrected chi connectivity index (χ4v) is 2.30. The molecule has 21 heavy (non-hydrogen) atoms. The van der Waals surface area contributed by atoms with E-state index in [0.717, 1.165) is 0 Å². The minimum Gasteiger partial charge on any atom is -0.478 e. The molecule has 0 atom stereocenters. The zero-order chi connectivity index (χ0) is 15.6. The maximum absolute atomic E-state index is 10.9. The Labute approximate surface area is 128 Å². The van der Waals surface area contributed by atoms with Gasteiger partial charge in [0.15, 0.2) is 0 Å². The van der Waals surface area contributed by atoms with Gasteiger partial charge in [-0.25, -0.2) is 4.79 Å². The Morgan fingerprint density at radius 3 is 2.62 bits per heavy atom. The molecule has 0 aliphatic carbocycles. The minimum atomic E-state index is -1.06. The quantitative estimate of drug-likeness (QED) is 0.659. The lowest BCUT2D eigenvalue weighted by molar-refractivity contribution is -0.385. The lowest BCUT2D eigenvalue weighted by Gasteiger charge is -2.10. The average Bonchev–Trinajstić information content (AvgIpc) is 2.40. The molecule has 0 amide bonds. The zero-order valence-corrected chi connectivity index (χ0v) is 12.5. The van der Waals surface area contributed by atoms with Gasteiger partial charge in [0.05, 0.1) is 16.1 Å². The van der Waals surface area contributed by atoms with Crippen LogP contribution in [-0.4, -0.2) is 16.0 Å². The Kier molecular flexibility index (Phi) is 4.23. The number of hydrogen-bond acceptors (Lipinski definition) is 4. The van der Waals surface area contributed by atoms with Crippen molar-refractivity contribution in [2.24, 2.45) is 0 Å². The highest BCUT2D eigenvalue weighted by molar-refractivity contribution is 9.10. The normalized spacial score (nSPS) is 10.2. The molecule has 0 spiro atoms. The van der Waals surface area contributed by atoms with Gasteiger partial charge in [-0.05, 0) is 47.1 Å². The van der Waals surface area contributed by atoms with Gasteiger partial charge in [0.1, 0.15) is 11.5 Å². The first-order valence-electron chi connectivity index (χ1n) is 5.85. The predicted octanol–water partition coefficient (Wildman–Crippen LogP) is 4.16. The molecule has 6 nitrogen and oxygen atoms in total. The Bertz CT molecular complexity index is 729. The second-order valence-electron chi connectivity index (χ2n) is 4.21. The Hall–Kier alpha value is -2.41. The summed E-state index contributed by atoms with van der Waals surface area (Å²) >= 11 is 3.15. The van der Waals surface area contributed by atoms with Crippen LogP contribution in [0.5, 0.6) is 11.5 Å². The highest BCUT2D eigenvalue weighted by atomic mass is 79.9. The minimum absolute atomic E-state index is 0.0336. The first-order chi connectivity index (χ1) is 9.90. The predicted molar refractivity (Wildman–Crippen MR) is 79.0 cm³/mol. The van der Waals surface area contributed by atoms with E-state index in [-0.39, 0.29) is 11.3 Å². The van der Waals surface area contributed by atoms with Gasteiger partial charge in [-0.15, -0.1) is 0 Å². The van der Waals surface area contributed by atoms with E-state index in [1.165, 1.54) is 30.3 Å². The van der Waals surface area contributed by atoms with Crippen LogP contribution >= 0.6 is 15.9 Å². The molecule has 0 aliphatic rings. The van der Waals surface area contributed by atoms with Crippen LogP contribution in [0.25, 0.3) is 0 Å². The summed E-state index contributed by atoms with van der Waals surface area (Å²) in [5.41, 5.74) is 0.479. The fourth-order valence-electron chi connectivity index (χ4n) is 1.77. The third-order valence-electron chi connectivity index (χ3n) is 2.85. The molecule has 0 aromatic heterocycles. The van der Waals surface area contributed by atoms with Crippen LogP contribution in [0.2, 0.25) is 0 Å². The van der Waals surface area contributed by atoms with Crippen LogP contribution in [0.3, 0.4) is 0 Å². The molecular formula is C14H10BrNO5. The van der Waals surface area contributed by atoms with Crippen LogP contribution in [0.15, 0.2) is 40.9 Å². The molecule has 1 N–H and O–H groups in total. The number of hydrogen-bond donors (Lipinski definition) is 1. The number of benzene rings is 2. The molecule has 0 unspecified atom stereocenters. The van der Waals surface area contributed by atoms with Crippen molar-refractivity contribution in [2.75, 3.05) is 0 Å². The smallest absolute Gasteiger partial charge is 0.336 e. The molecule has 0 heterocycles. The summed E-state index contributed by atoms with van der Waals surface area (Å²) in [4.78, 5) is 21.3. The van der Waals surface area contributed by atoms with Crippen molar-refractivity contribution in [1.82, 2.24) is 0 Å². The van der Waals surface area contributed by atoms with Crippen molar-refractivity contribution in [2.45, 2.75) is 6.92 Å². The zero-order valence-electron chi connectivity index (χ0n) is 10.9. The topological polar surface area (TPSA) is 89.7 Å². The third kappa shape index (κ3) is 3.19. The molecule has 2 aromatic rings. The third-order valence-corrected chi connectivity index (χ3v) is 3.51. The summed E-state index contributed by atoms with van der Waals surface area (Å²) in [6.45, 7) is 1.59. The maximum Gasteiger partial charge on any atom is 0.336 e. The second-order valence-corrected chi connectivity index (χ2v) is 5.06. The summed E-state index contributed by atoms with van der Waals surface area (Å²) in [5, 5.41) is 19.8. The van der Waals surface area contributed by atoms with E-state index in [9.17, 15) is 14.9 Å². The summed E-state index contributed by atoms with van der Waals surface area (Å²) in [7, 11) is 0. The van der Waals surface area contributed by atoms with Gasteiger partial charge in [-0.3, -0.25) is 10.1 Å². The van der Waals surface area contributed by atoms with Crippen molar-refractivity contribution in [3.63, 3.8) is 0 Å². The van der Waals surface area contributed by atoms with Gasteiger partial charge in [-0.1, -0.05) is 6.07 Å². The Morgan fingerprint density at radius 1 is 1.33 bits per heavy atom. The standard InChI is InChI=1S/C14H10BrNO5/c1-8-12(16(19)20)3-2-4-13(8)21-9-5-6-10(14(17)18)11(15)7-9/h2-7H,1H3,(H,17,18). The van der Waals surface area contributed by atoms with Crippen molar-refractivity contribution < 1.29 is 19.6 Å². The van der Waals surface area contributed by atoms with Gasteiger partial charge in [-0.2, -0.15) is 0 Å². The van der Waals surface area contributed by atoms with Gasteiger partial charge in [0, 0.05) is 10.5 Å². The summed E-state index contributed by atoms with van der Waals surface area (Å²) in [5.74, 6) is -0.324. The Morgan fingerprint density at radius 2 is 2.05 bits per heavy atom. The SMILES string of the molecule is Cc1c(Oc2ccc(C(=O)O)c(Br)c2)cccc1[N+](=O)[O-]. The van der Waals surface area contributed by atoms with Gasteiger partial charge in [0.25, 0.3) is 5.69 Å². The summed E-state index contributed by atoms with van der Waals surface area (Å²) in [6.07, 6.45) is 0. The first kappa shape index (κ1) is 15.0. The Balaban J connectivity index is 2.35. The number of nitrogens with zero attached hydrogens (tertiary/aromatic N) is 1. The van der Waals surface area contributed by atoms with Gasteiger partial charge in [0.2, 0.25) is 0 Å². The van der Waals surface area contributed by atoms with E-state index in [2.05, 4.69) is 15.9 Å². The highest BCUT2D eigenvalue weighted by Gasteiger charge is 2.15. The monoisotopic (exact) mass is 351 g/mol. The first-order valence-corrected chi connectivity index (χ1v) is 6.64. The molecule has 0 aliphatic heterocycles. The lowest BCUT2D eigenvalue weighted by atomic mass is 10.2. The number of rotatable bonds is 4. The molecular weight excluding hydrogens is 342 g/mol. The van der Waals surface area contributed by atoms with E-state index in [0.29, 0.717) is 21.5 Å². The van der Waals surface area contributed by atoms with Crippen LogP contribution in [0.4, 0.5) is 5.69 Å². The molecule has 0 saturated heterocycles. The number of aromatic carboxylic acids is 1. The van der Waals surface area contributed by atoms with Crippen LogP contribution in [0, 0.1) is 17.0 Å². The van der Waals surface area contributed by atoms with Crippen LogP contribution < -0.4 is 4.74 Å². The largest absolute Gasteiger partial charge is 0.478 e. The molecule has 0 bridgehead atoms. The average molecular weight is 352 g/mol.